The molecule has 10 heavy (non-hydrogen) atoms. The SMILES string of the molecule is CC.CC(C)/C=N\N(C)C. The van der Waals surface area contributed by atoms with Crippen LogP contribution in [0.4, 0.5) is 0 Å². The van der Waals surface area contributed by atoms with Crippen LogP contribution in [0.1, 0.15) is 27.7 Å². The summed E-state index contributed by atoms with van der Waals surface area (Å²) < 4.78 is 0. The van der Waals surface area contributed by atoms with E-state index in [2.05, 4.69) is 18.9 Å². The third-order valence-corrected chi connectivity index (χ3v) is 0.596. The number of hydrogen-bond donors (Lipinski definition) is 0. The fraction of sp³-hybridized carbons (Fsp3) is 0.875. The van der Waals surface area contributed by atoms with Gasteiger partial charge in [-0.1, -0.05) is 27.7 Å². The number of nitrogens with zero attached hydrogens (tertiary/aromatic N) is 2. The summed E-state index contributed by atoms with van der Waals surface area (Å²) in [5.74, 6) is 0.553. The van der Waals surface area contributed by atoms with Gasteiger partial charge in [0.2, 0.25) is 0 Å². The van der Waals surface area contributed by atoms with Gasteiger partial charge in [-0.05, 0) is 5.92 Å². The van der Waals surface area contributed by atoms with Crippen LogP contribution in [0, 0.1) is 5.92 Å². The summed E-state index contributed by atoms with van der Waals surface area (Å²) in [5.41, 5.74) is 0. The number of hydrogen-bond acceptors (Lipinski definition) is 2. The highest BCUT2D eigenvalue weighted by atomic mass is 15.4. The van der Waals surface area contributed by atoms with Crippen molar-refractivity contribution in [2.75, 3.05) is 14.1 Å². The van der Waals surface area contributed by atoms with E-state index >= 15 is 0 Å². The molecule has 0 aliphatic carbocycles. The summed E-state index contributed by atoms with van der Waals surface area (Å²) in [5, 5.41) is 5.82. The molecule has 62 valence electrons. The molecule has 0 aliphatic rings. The summed E-state index contributed by atoms with van der Waals surface area (Å²) in [6, 6.07) is 0. The quantitative estimate of drug-likeness (QED) is 0.428. The molecule has 0 bridgehead atoms. The zero-order valence-electron chi connectivity index (χ0n) is 8.05. The molecular formula is C8H20N2. The molecular weight excluding hydrogens is 124 g/mol. The van der Waals surface area contributed by atoms with E-state index in [0.717, 1.165) is 0 Å². The van der Waals surface area contributed by atoms with Crippen molar-refractivity contribution in [2.24, 2.45) is 11.0 Å². The largest absolute Gasteiger partial charge is 0.303 e. The van der Waals surface area contributed by atoms with Gasteiger partial charge in [-0.2, -0.15) is 5.10 Å². The molecule has 0 rings (SSSR count). The third kappa shape index (κ3) is 15.6. The zero-order chi connectivity index (χ0) is 8.57. The second kappa shape index (κ2) is 8.47. The Hall–Kier alpha value is -0.530. The minimum absolute atomic E-state index is 0.553. The van der Waals surface area contributed by atoms with Crippen molar-refractivity contribution in [1.82, 2.24) is 5.01 Å². The second-order valence-corrected chi connectivity index (χ2v) is 2.36. The van der Waals surface area contributed by atoms with Crippen molar-refractivity contribution in [3.63, 3.8) is 0 Å². The van der Waals surface area contributed by atoms with Crippen molar-refractivity contribution in [1.29, 1.82) is 0 Å². The Morgan fingerprint density at radius 1 is 1.20 bits per heavy atom. The maximum Gasteiger partial charge on any atom is 0.0270 e. The Kier molecular flexibility index (Phi) is 10.3. The zero-order valence-corrected chi connectivity index (χ0v) is 8.05. The van der Waals surface area contributed by atoms with Gasteiger partial charge in [-0.3, -0.25) is 0 Å². The maximum atomic E-state index is 4.03. The first-order valence-corrected chi connectivity index (χ1v) is 3.84. The lowest BCUT2D eigenvalue weighted by atomic mass is 10.3. The third-order valence-electron chi connectivity index (χ3n) is 0.596. The molecule has 2 heteroatoms. The molecule has 0 saturated heterocycles. The Morgan fingerprint density at radius 2 is 1.60 bits per heavy atom. The summed E-state index contributed by atoms with van der Waals surface area (Å²) in [6.07, 6.45) is 1.92. The lowest BCUT2D eigenvalue weighted by Crippen LogP contribution is -2.03. The highest BCUT2D eigenvalue weighted by Gasteiger charge is 1.83. The Morgan fingerprint density at radius 3 is 1.70 bits per heavy atom. The molecule has 0 atom stereocenters. The average molecular weight is 144 g/mol. The maximum absolute atomic E-state index is 4.03. The Balaban J connectivity index is 0. The first-order chi connectivity index (χ1) is 4.63. The van der Waals surface area contributed by atoms with Crippen LogP contribution in [-0.4, -0.2) is 25.3 Å². The van der Waals surface area contributed by atoms with Crippen molar-refractivity contribution >= 4 is 6.21 Å². The highest BCUT2D eigenvalue weighted by molar-refractivity contribution is 5.58. The predicted molar refractivity (Wildman–Crippen MR) is 48.4 cm³/mol. The molecule has 0 aliphatic heterocycles. The first kappa shape index (κ1) is 12.2. The van der Waals surface area contributed by atoms with Gasteiger partial charge in [-0.25, -0.2) is 0 Å². The standard InChI is InChI=1S/C6H14N2.C2H6/c1-6(2)5-7-8(3)4;1-2/h5-6H,1-4H3;1-2H3/b7-5-;. The van der Waals surface area contributed by atoms with E-state index in [1.807, 2.05) is 34.2 Å². The fourth-order valence-electron chi connectivity index (χ4n) is 0.267. The lowest BCUT2D eigenvalue weighted by Gasteiger charge is -2.02. The van der Waals surface area contributed by atoms with E-state index in [0.29, 0.717) is 5.92 Å². The van der Waals surface area contributed by atoms with Gasteiger partial charge in [0.25, 0.3) is 0 Å². The first-order valence-electron chi connectivity index (χ1n) is 3.84. The molecule has 0 amide bonds. The highest BCUT2D eigenvalue weighted by Crippen LogP contribution is 1.85. The van der Waals surface area contributed by atoms with Gasteiger partial charge in [0.1, 0.15) is 0 Å². The summed E-state index contributed by atoms with van der Waals surface area (Å²) in [7, 11) is 3.83. The van der Waals surface area contributed by atoms with Crippen LogP contribution in [0.5, 0.6) is 0 Å². The van der Waals surface area contributed by atoms with Crippen LogP contribution in [-0.2, 0) is 0 Å². The molecule has 0 saturated carbocycles. The van der Waals surface area contributed by atoms with Crippen molar-refractivity contribution < 1.29 is 0 Å². The van der Waals surface area contributed by atoms with E-state index in [1.54, 1.807) is 5.01 Å². The minimum atomic E-state index is 0.553. The van der Waals surface area contributed by atoms with E-state index in [1.165, 1.54) is 0 Å². The van der Waals surface area contributed by atoms with Gasteiger partial charge in [0.05, 0.1) is 0 Å². The molecule has 0 aromatic heterocycles. The van der Waals surface area contributed by atoms with Crippen LogP contribution >= 0.6 is 0 Å². The van der Waals surface area contributed by atoms with Gasteiger partial charge in [0.15, 0.2) is 0 Å². The molecule has 0 fully saturated rings. The normalized spacial score (nSPS) is 9.50. The van der Waals surface area contributed by atoms with Crippen LogP contribution in [0.15, 0.2) is 5.10 Å². The van der Waals surface area contributed by atoms with Crippen LogP contribution in [0.3, 0.4) is 0 Å². The van der Waals surface area contributed by atoms with E-state index in [-0.39, 0.29) is 0 Å². The lowest BCUT2D eigenvalue weighted by molar-refractivity contribution is 0.437. The van der Waals surface area contributed by atoms with Gasteiger partial charge < -0.3 is 5.01 Å². The van der Waals surface area contributed by atoms with Crippen LogP contribution in [0.2, 0.25) is 0 Å². The van der Waals surface area contributed by atoms with Crippen molar-refractivity contribution in [3.05, 3.63) is 0 Å². The molecule has 0 unspecified atom stereocenters. The topological polar surface area (TPSA) is 15.6 Å². The molecule has 0 N–H and O–H groups in total. The molecule has 0 radical (unpaired) electrons. The summed E-state index contributed by atoms with van der Waals surface area (Å²) >= 11 is 0. The van der Waals surface area contributed by atoms with Gasteiger partial charge in [0, 0.05) is 20.3 Å². The average Bonchev–Trinajstić information content (AvgIpc) is 1.89. The monoisotopic (exact) mass is 144 g/mol. The smallest absolute Gasteiger partial charge is 0.0270 e. The molecule has 2 nitrogen and oxygen atoms in total. The van der Waals surface area contributed by atoms with Gasteiger partial charge in [-0.15, -0.1) is 0 Å². The van der Waals surface area contributed by atoms with Gasteiger partial charge >= 0.3 is 0 Å². The minimum Gasteiger partial charge on any atom is -0.303 e. The molecule has 0 aromatic carbocycles. The van der Waals surface area contributed by atoms with Crippen LogP contribution < -0.4 is 0 Å². The second-order valence-electron chi connectivity index (χ2n) is 2.36. The van der Waals surface area contributed by atoms with Crippen molar-refractivity contribution in [3.8, 4) is 0 Å². The van der Waals surface area contributed by atoms with Crippen LogP contribution in [0.25, 0.3) is 0 Å². The summed E-state index contributed by atoms with van der Waals surface area (Å²) in [6.45, 7) is 8.21. The van der Waals surface area contributed by atoms with Crippen molar-refractivity contribution in [2.45, 2.75) is 27.7 Å². The Labute approximate surface area is 64.9 Å². The number of hydrazone groups is 1. The Bertz CT molecular complexity index is 65.3. The molecule has 0 aromatic rings. The predicted octanol–water partition coefficient (Wildman–Crippen LogP) is 2.22. The van der Waals surface area contributed by atoms with E-state index in [4.69, 9.17) is 0 Å². The summed E-state index contributed by atoms with van der Waals surface area (Å²) in [4.78, 5) is 0. The van der Waals surface area contributed by atoms with E-state index < -0.39 is 0 Å². The van der Waals surface area contributed by atoms with E-state index in [9.17, 15) is 0 Å². The molecule has 0 spiro atoms. The fourth-order valence-corrected chi connectivity index (χ4v) is 0.267. The molecule has 0 heterocycles. The number of rotatable bonds is 2.